The highest BCUT2D eigenvalue weighted by Gasteiger charge is 2.05. The van der Waals surface area contributed by atoms with E-state index < -0.39 is 0 Å². The maximum absolute atomic E-state index is 5.71. The first kappa shape index (κ1) is 12.6. The van der Waals surface area contributed by atoms with Crippen molar-refractivity contribution in [2.45, 2.75) is 13.0 Å². The summed E-state index contributed by atoms with van der Waals surface area (Å²) in [5.74, 6) is 6.57. The van der Waals surface area contributed by atoms with Crippen LogP contribution >= 0.6 is 0 Å². The third-order valence-electron chi connectivity index (χ3n) is 1.94. The highest BCUT2D eigenvalue weighted by atomic mass is 16.5. The number of para-hydroxylation sites is 1. The van der Waals surface area contributed by atoms with Gasteiger partial charge in [0.15, 0.2) is 0 Å². The summed E-state index contributed by atoms with van der Waals surface area (Å²) in [6.07, 6.45) is 0.00539. The van der Waals surface area contributed by atoms with Crippen LogP contribution in [0.15, 0.2) is 24.3 Å². The molecule has 1 aromatic rings. The van der Waals surface area contributed by atoms with E-state index in [0.29, 0.717) is 13.2 Å². The van der Waals surface area contributed by atoms with Crippen molar-refractivity contribution >= 4 is 0 Å². The molecule has 0 spiro atoms. The van der Waals surface area contributed by atoms with Gasteiger partial charge in [-0.3, -0.25) is 0 Å². The molecule has 2 N–H and O–H groups in total. The Hall–Kier alpha value is -1.50. The molecule has 86 valence electrons. The van der Waals surface area contributed by atoms with Gasteiger partial charge in [-0.05, 0) is 19.1 Å². The van der Waals surface area contributed by atoms with E-state index in [2.05, 4.69) is 11.8 Å². The molecule has 1 unspecified atom stereocenters. The first-order chi connectivity index (χ1) is 7.77. The zero-order valence-electron chi connectivity index (χ0n) is 9.69. The van der Waals surface area contributed by atoms with Crippen molar-refractivity contribution in [2.24, 2.45) is 5.73 Å². The number of hydrogen-bond donors (Lipinski definition) is 1. The molecule has 0 aliphatic heterocycles. The predicted molar refractivity (Wildman–Crippen MR) is 64.3 cm³/mol. The number of nitrogens with two attached hydrogens (primary N) is 1. The van der Waals surface area contributed by atoms with Gasteiger partial charge in [-0.2, -0.15) is 0 Å². The quantitative estimate of drug-likeness (QED) is 0.779. The molecular weight excluding hydrogens is 202 g/mol. The lowest BCUT2D eigenvalue weighted by molar-refractivity contribution is 0.0919. The van der Waals surface area contributed by atoms with Crippen LogP contribution < -0.4 is 10.5 Å². The van der Waals surface area contributed by atoms with Crippen molar-refractivity contribution in [2.75, 3.05) is 20.3 Å². The van der Waals surface area contributed by atoms with Gasteiger partial charge in [0.1, 0.15) is 11.9 Å². The zero-order valence-corrected chi connectivity index (χ0v) is 9.69. The molecule has 0 radical (unpaired) electrons. The number of ether oxygens (including phenoxy) is 2. The summed E-state index contributed by atoms with van der Waals surface area (Å²) in [4.78, 5) is 0. The number of methoxy groups -OCH3 is 1. The largest absolute Gasteiger partial charge is 0.487 e. The Morgan fingerprint density at radius 2 is 2.12 bits per heavy atom. The minimum Gasteiger partial charge on any atom is -0.487 e. The number of benzene rings is 1. The molecule has 0 bridgehead atoms. The minimum atomic E-state index is 0.00539. The lowest BCUT2D eigenvalue weighted by Gasteiger charge is -2.14. The lowest BCUT2D eigenvalue weighted by atomic mass is 10.2. The van der Waals surface area contributed by atoms with Gasteiger partial charge in [-0.15, -0.1) is 0 Å². The first-order valence-corrected chi connectivity index (χ1v) is 5.21. The molecule has 0 heterocycles. The van der Waals surface area contributed by atoms with Crippen molar-refractivity contribution in [3.63, 3.8) is 0 Å². The predicted octanol–water partition coefficient (Wildman–Crippen LogP) is 1.41. The minimum absolute atomic E-state index is 0.00539. The molecule has 0 aromatic heterocycles. The fourth-order valence-electron chi connectivity index (χ4n) is 1.30. The number of rotatable bonds is 4. The van der Waals surface area contributed by atoms with E-state index in [9.17, 15) is 0 Å². The molecule has 1 aromatic carbocycles. The molecule has 0 amide bonds. The van der Waals surface area contributed by atoms with Crippen LogP contribution in [0.25, 0.3) is 0 Å². The van der Waals surface area contributed by atoms with Crippen LogP contribution in [0.1, 0.15) is 12.5 Å². The third-order valence-corrected chi connectivity index (χ3v) is 1.94. The van der Waals surface area contributed by atoms with Gasteiger partial charge in [0, 0.05) is 7.11 Å². The van der Waals surface area contributed by atoms with E-state index in [1.807, 2.05) is 31.2 Å². The van der Waals surface area contributed by atoms with Gasteiger partial charge in [0.2, 0.25) is 0 Å². The summed E-state index contributed by atoms with van der Waals surface area (Å²) in [7, 11) is 1.65. The molecule has 0 fully saturated rings. The molecule has 1 rings (SSSR count). The Kier molecular flexibility index (Phi) is 5.41. The van der Waals surface area contributed by atoms with Crippen LogP contribution in [0, 0.1) is 11.8 Å². The van der Waals surface area contributed by atoms with Crippen LogP contribution in [0.3, 0.4) is 0 Å². The molecule has 0 aliphatic carbocycles. The van der Waals surface area contributed by atoms with Crippen molar-refractivity contribution in [3.05, 3.63) is 29.8 Å². The summed E-state index contributed by atoms with van der Waals surface area (Å²) in [5.41, 5.74) is 6.20. The van der Waals surface area contributed by atoms with E-state index >= 15 is 0 Å². The average molecular weight is 219 g/mol. The van der Waals surface area contributed by atoms with Gasteiger partial charge >= 0.3 is 0 Å². The Morgan fingerprint density at radius 3 is 2.81 bits per heavy atom. The molecular formula is C13H17NO2. The van der Waals surface area contributed by atoms with Crippen molar-refractivity contribution in [3.8, 4) is 17.6 Å². The molecule has 0 saturated heterocycles. The Balaban J connectivity index is 2.78. The van der Waals surface area contributed by atoms with E-state index in [-0.39, 0.29) is 6.10 Å². The topological polar surface area (TPSA) is 44.5 Å². The maximum atomic E-state index is 5.71. The van der Waals surface area contributed by atoms with Crippen LogP contribution in [0.2, 0.25) is 0 Å². The highest BCUT2D eigenvalue weighted by Crippen LogP contribution is 2.18. The molecule has 3 heteroatoms. The maximum Gasteiger partial charge on any atom is 0.135 e. The van der Waals surface area contributed by atoms with E-state index in [4.69, 9.17) is 15.2 Å². The van der Waals surface area contributed by atoms with Gasteiger partial charge < -0.3 is 15.2 Å². The lowest BCUT2D eigenvalue weighted by Crippen LogP contribution is -2.18. The smallest absolute Gasteiger partial charge is 0.135 e. The van der Waals surface area contributed by atoms with Gasteiger partial charge in [0.05, 0.1) is 18.7 Å². The van der Waals surface area contributed by atoms with Crippen LogP contribution in [0.4, 0.5) is 0 Å². The molecule has 16 heavy (non-hydrogen) atoms. The molecule has 0 aliphatic rings. The standard InChI is InChI=1S/C13H17NO2/c1-11(10-15-2)16-13-8-4-3-6-12(13)7-5-9-14/h3-4,6,8,11H,9-10,14H2,1-2H3. The molecule has 0 saturated carbocycles. The summed E-state index contributed by atoms with van der Waals surface area (Å²) >= 11 is 0. The fraction of sp³-hybridized carbons (Fsp3) is 0.385. The van der Waals surface area contributed by atoms with Crippen LogP contribution in [0.5, 0.6) is 5.75 Å². The van der Waals surface area contributed by atoms with Crippen molar-refractivity contribution in [1.82, 2.24) is 0 Å². The summed E-state index contributed by atoms with van der Waals surface area (Å²) in [6.45, 7) is 2.86. The van der Waals surface area contributed by atoms with Gasteiger partial charge in [-0.1, -0.05) is 24.0 Å². The van der Waals surface area contributed by atoms with Gasteiger partial charge in [0.25, 0.3) is 0 Å². The second-order valence-corrected chi connectivity index (χ2v) is 3.39. The Labute approximate surface area is 96.6 Å². The monoisotopic (exact) mass is 219 g/mol. The molecule has 3 nitrogen and oxygen atoms in total. The second kappa shape index (κ2) is 6.89. The van der Waals surface area contributed by atoms with Crippen LogP contribution in [-0.4, -0.2) is 26.4 Å². The average Bonchev–Trinajstić information content (AvgIpc) is 2.28. The van der Waals surface area contributed by atoms with Gasteiger partial charge in [-0.25, -0.2) is 0 Å². The fourth-order valence-corrected chi connectivity index (χ4v) is 1.30. The van der Waals surface area contributed by atoms with Crippen LogP contribution in [-0.2, 0) is 4.74 Å². The SMILES string of the molecule is COCC(C)Oc1ccccc1C#CCN. The summed E-state index contributed by atoms with van der Waals surface area (Å²) in [5, 5.41) is 0. The Bertz CT molecular complexity index is 379. The van der Waals surface area contributed by atoms with E-state index in [1.54, 1.807) is 7.11 Å². The normalized spacial score (nSPS) is 11.4. The second-order valence-electron chi connectivity index (χ2n) is 3.39. The summed E-state index contributed by atoms with van der Waals surface area (Å²) < 4.78 is 10.7. The van der Waals surface area contributed by atoms with E-state index in [1.165, 1.54) is 0 Å². The third kappa shape index (κ3) is 3.93. The summed E-state index contributed by atoms with van der Waals surface area (Å²) in [6, 6.07) is 7.65. The highest BCUT2D eigenvalue weighted by molar-refractivity contribution is 5.46. The van der Waals surface area contributed by atoms with Crippen molar-refractivity contribution < 1.29 is 9.47 Å². The number of hydrogen-bond acceptors (Lipinski definition) is 3. The van der Waals surface area contributed by atoms with E-state index in [0.717, 1.165) is 11.3 Å². The zero-order chi connectivity index (χ0) is 11.8. The molecule has 1 atom stereocenters. The van der Waals surface area contributed by atoms with Crippen molar-refractivity contribution in [1.29, 1.82) is 0 Å². The first-order valence-electron chi connectivity index (χ1n) is 5.21. The Morgan fingerprint density at radius 1 is 1.38 bits per heavy atom.